The van der Waals surface area contributed by atoms with Gasteiger partial charge in [0.25, 0.3) is 0 Å². The highest BCUT2D eigenvalue weighted by molar-refractivity contribution is 7.80. The molecule has 17 heavy (non-hydrogen) atoms. The SMILES string of the molecule is CCC1(CC)CCN(CC2(CS)CCC2)CC1. The summed E-state index contributed by atoms with van der Waals surface area (Å²) in [7, 11) is 0. The highest BCUT2D eigenvalue weighted by atomic mass is 32.1. The molecule has 1 aliphatic carbocycles. The molecule has 0 atom stereocenters. The summed E-state index contributed by atoms with van der Waals surface area (Å²) in [6.07, 6.45) is 9.84. The zero-order valence-corrected chi connectivity index (χ0v) is 12.6. The minimum absolute atomic E-state index is 0.585. The molecular weight excluding hydrogens is 226 g/mol. The van der Waals surface area contributed by atoms with E-state index in [1.807, 2.05) is 0 Å². The number of nitrogens with zero attached hydrogens (tertiary/aromatic N) is 1. The van der Waals surface area contributed by atoms with Gasteiger partial charge in [0.1, 0.15) is 0 Å². The van der Waals surface area contributed by atoms with Gasteiger partial charge in [0, 0.05) is 6.54 Å². The van der Waals surface area contributed by atoms with Gasteiger partial charge in [0.2, 0.25) is 0 Å². The van der Waals surface area contributed by atoms with E-state index in [0.717, 1.165) is 5.75 Å². The lowest BCUT2D eigenvalue weighted by molar-refractivity contribution is 0.0371. The largest absolute Gasteiger partial charge is 0.303 e. The van der Waals surface area contributed by atoms with Crippen molar-refractivity contribution in [3.63, 3.8) is 0 Å². The van der Waals surface area contributed by atoms with Gasteiger partial charge in [-0.3, -0.25) is 0 Å². The van der Waals surface area contributed by atoms with E-state index in [4.69, 9.17) is 0 Å². The van der Waals surface area contributed by atoms with Crippen LogP contribution in [0.5, 0.6) is 0 Å². The molecule has 0 aromatic carbocycles. The fraction of sp³-hybridized carbons (Fsp3) is 1.00. The van der Waals surface area contributed by atoms with Crippen molar-refractivity contribution in [3.05, 3.63) is 0 Å². The molecule has 2 aliphatic rings. The Balaban J connectivity index is 1.83. The molecule has 2 fully saturated rings. The summed E-state index contributed by atoms with van der Waals surface area (Å²) in [6, 6.07) is 0. The van der Waals surface area contributed by atoms with Crippen molar-refractivity contribution in [2.75, 3.05) is 25.4 Å². The summed E-state index contributed by atoms with van der Waals surface area (Å²) in [4.78, 5) is 2.72. The molecule has 1 saturated carbocycles. The van der Waals surface area contributed by atoms with Gasteiger partial charge in [-0.1, -0.05) is 33.1 Å². The maximum atomic E-state index is 4.58. The molecular formula is C15H29NS. The third-order valence-corrected chi connectivity index (χ3v) is 6.40. The Morgan fingerprint density at radius 2 is 1.53 bits per heavy atom. The lowest BCUT2D eigenvalue weighted by Gasteiger charge is -2.48. The second-order valence-corrected chi connectivity index (χ2v) is 6.81. The van der Waals surface area contributed by atoms with E-state index < -0.39 is 0 Å². The summed E-state index contributed by atoms with van der Waals surface area (Å²) >= 11 is 4.58. The lowest BCUT2D eigenvalue weighted by Crippen LogP contribution is -2.48. The van der Waals surface area contributed by atoms with Crippen LogP contribution in [0.2, 0.25) is 0 Å². The molecule has 1 aliphatic heterocycles. The van der Waals surface area contributed by atoms with Crippen molar-refractivity contribution in [2.24, 2.45) is 10.8 Å². The van der Waals surface area contributed by atoms with Gasteiger partial charge in [0.05, 0.1) is 0 Å². The Kier molecular flexibility index (Phi) is 4.46. The van der Waals surface area contributed by atoms with Crippen LogP contribution in [0.1, 0.15) is 58.8 Å². The predicted octanol–water partition coefficient (Wildman–Crippen LogP) is 3.99. The molecule has 1 saturated heterocycles. The lowest BCUT2D eigenvalue weighted by atomic mass is 9.69. The monoisotopic (exact) mass is 255 g/mol. The van der Waals surface area contributed by atoms with Gasteiger partial charge in [-0.25, -0.2) is 0 Å². The quantitative estimate of drug-likeness (QED) is 0.727. The zero-order valence-electron chi connectivity index (χ0n) is 11.7. The summed E-state index contributed by atoms with van der Waals surface area (Å²) < 4.78 is 0. The first-order valence-electron chi connectivity index (χ1n) is 7.51. The number of rotatable bonds is 5. The number of thiol groups is 1. The zero-order chi connectivity index (χ0) is 12.4. The molecule has 0 aromatic heterocycles. The summed E-state index contributed by atoms with van der Waals surface area (Å²) in [5.74, 6) is 1.09. The first-order chi connectivity index (χ1) is 8.17. The molecule has 100 valence electrons. The van der Waals surface area contributed by atoms with Gasteiger partial charge in [-0.15, -0.1) is 0 Å². The smallest absolute Gasteiger partial charge is 0.00458 e. The Hall–Kier alpha value is 0.310. The summed E-state index contributed by atoms with van der Waals surface area (Å²) in [5, 5.41) is 0. The van der Waals surface area contributed by atoms with Crippen molar-refractivity contribution in [1.29, 1.82) is 0 Å². The van der Waals surface area contributed by atoms with E-state index in [0.29, 0.717) is 10.8 Å². The molecule has 1 heterocycles. The van der Waals surface area contributed by atoms with Crippen molar-refractivity contribution in [2.45, 2.75) is 58.8 Å². The predicted molar refractivity (Wildman–Crippen MR) is 78.8 cm³/mol. The Labute approximate surface area is 113 Å². The first kappa shape index (κ1) is 13.7. The van der Waals surface area contributed by atoms with E-state index in [1.54, 1.807) is 0 Å². The van der Waals surface area contributed by atoms with Crippen molar-refractivity contribution >= 4 is 12.6 Å². The third-order valence-electron chi connectivity index (χ3n) is 5.73. The molecule has 2 heteroatoms. The summed E-state index contributed by atoms with van der Waals surface area (Å²) in [6.45, 7) is 8.73. The fourth-order valence-corrected chi connectivity index (χ4v) is 4.08. The average Bonchev–Trinajstić information content (AvgIpc) is 2.35. The molecule has 0 N–H and O–H groups in total. The maximum absolute atomic E-state index is 4.58. The third kappa shape index (κ3) is 2.84. The van der Waals surface area contributed by atoms with Gasteiger partial charge in [0.15, 0.2) is 0 Å². The van der Waals surface area contributed by atoms with E-state index >= 15 is 0 Å². The highest BCUT2D eigenvalue weighted by Crippen LogP contribution is 2.44. The molecule has 0 unspecified atom stereocenters. The standard InChI is InChI=1S/C15H29NS/c1-3-14(4-2)8-10-16(11-9-14)12-15(13-17)6-5-7-15/h17H,3-13H2,1-2H3. The second-order valence-electron chi connectivity index (χ2n) is 6.49. The van der Waals surface area contributed by atoms with Crippen LogP contribution in [0, 0.1) is 10.8 Å². The molecule has 0 spiro atoms. The van der Waals surface area contributed by atoms with Crippen LogP contribution < -0.4 is 0 Å². The number of piperidine rings is 1. The van der Waals surface area contributed by atoms with Crippen LogP contribution in [0.25, 0.3) is 0 Å². The van der Waals surface area contributed by atoms with Crippen LogP contribution in [0.4, 0.5) is 0 Å². The molecule has 0 amide bonds. The fourth-order valence-electron chi connectivity index (χ4n) is 3.66. The van der Waals surface area contributed by atoms with E-state index in [1.165, 1.54) is 64.6 Å². The molecule has 0 radical (unpaired) electrons. The molecule has 2 rings (SSSR count). The number of hydrogen-bond donors (Lipinski definition) is 1. The minimum atomic E-state index is 0.585. The van der Waals surface area contributed by atoms with Crippen molar-refractivity contribution in [3.8, 4) is 0 Å². The molecule has 0 aromatic rings. The minimum Gasteiger partial charge on any atom is -0.303 e. The topological polar surface area (TPSA) is 3.24 Å². The van der Waals surface area contributed by atoms with E-state index in [2.05, 4.69) is 31.4 Å². The Bertz CT molecular complexity index is 228. The van der Waals surface area contributed by atoms with Crippen LogP contribution >= 0.6 is 12.6 Å². The number of likely N-dealkylation sites (tertiary alicyclic amines) is 1. The molecule has 1 nitrogen and oxygen atoms in total. The van der Waals surface area contributed by atoms with Gasteiger partial charge in [-0.05, 0) is 55.4 Å². The second kappa shape index (κ2) is 5.52. The van der Waals surface area contributed by atoms with Crippen LogP contribution in [0.3, 0.4) is 0 Å². The molecule has 0 bridgehead atoms. The van der Waals surface area contributed by atoms with Gasteiger partial charge >= 0.3 is 0 Å². The first-order valence-corrected chi connectivity index (χ1v) is 8.14. The van der Waals surface area contributed by atoms with E-state index in [-0.39, 0.29) is 0 Å². The van der Waals surface area contributed by atoms with Gasteiger partial charge in [-0.2, -0.15) is 12.6 Å². The van der Waals surface area contributed by atoms with Gasteiger partial charge < -0.3 is 4.90 Å². The average molecular weight is 255 g/mol. The summed E-state index contributed by atoms with van der Waals surface area (Å²) in [5.41, 5.74) is 1.26. The Morgan fingerprint density at radius 1 is 0.941 bits per heavy atom. The number of hydrogen-bond acceptors (Lipinski definition) is 2. The van der Waals surface area contributed by atoms with E-state index in [9.17, 15) is 0 Å². The van der Waals surface area contributed by atoms with Crippen molar-refractivity contribution in [1.82, 2.24) is 4.90 Å². The van der Waals surface area contributed by atoms with Crippen LogP contribution in [-0.2, 0) is 0 Å². The van der Waals surface area contributed by atoms with Crippen molar-refractivity contribution < 1.29 is 0 Å². The maximum Gasteiger partial charge on any atom is 0.00458 e. The van der Waals surface area contributed by atoms with Crippen LogP contribution in [-0.4, -0.2) is 30.3 Å². The highest BCUT2D eigenvalue weighted by Gasteiger charge is 2.39. The van der Waals surface area contributed by atoms with Crippen LogP contribution in [0.15, 0.2) is 0 Å². The normalized spacial score (nSPS) is 27.7. The Morgan fingerprint density at radius 3 is 1.88 bits per heavy atom.